The Bertz CT molecular complexity index is 1010. The second-order valence-electron chi connectivity index (χ2n) is 15.8. The number of epoxide rings is 2. The summed E-state index contributed by atoms with van der Waals surface area (Å²) in [6.07, 6.45) is 13.8. The van der Waals surface area contributed by atoms with Crippen molar-refractivity contribution in [3.05, 3.63) is 0 Å². The fourth-order valence-corrected chi connectivity index (χ4v) is 8.97. The van der Waals surface area contributed by atoms with E-state index >= 15 is 0 Å². The quantitative estimate of drug-likeness (QED) is 0.146. The SMILES string of the molecule is CC(C)(C1CCC(OC(=O)C2CCCCC2C(=O)OCC2CO2)CC1)C1CCC(OC(=O)C2CCCCC2C(=O)OCC2CO2)CC1. The smallest absolute Gasteiger partial charge is 0.310 e. The molecule has 0 aromatic rings. The number of carbonyl (C=O) groups is 4. The summed E-state index contributed by atoms with van der Waals surface area (Å²) in [6, 6.07) is 0. The van der Waals surface area contributed by atoms with Crippen LogP contribution in [0.5, 0.6) is 0 Å². The van der Waals surface area contributed by atoms with Gasteiger partial charge in [0.05, 0.1) is 36.9 Å². The van der Waals surface area contributed by atoms with Crippen LogP contribution in [0.15, 0.2) is 0 Å². The maximum Gasteiger partial charge on any atom is 0.310 e. The number of hydrogen-bond acceptors (Lipinski definition) is 10. The van der Waals surface area contributed by atoms with E-state index in [9.17, 15) is 19.2 Å². The zero-order valence-corrected chi connectivity index (χ0v) is 28.5. The molecule has 0 aromatic heterocycles. The lowest BCUT2D eigenvalue weighted by atomic mass is 9.60. The zero-order valence-electron chi connectivity index (χ0n) is 28.5. The maximum atomic E-state index is 13.3. The van der Waals surface area contributed by atoms with Gasteiger partial charge in [0.15, 0.2) is 0 Å². The number of esters is 4. The Morgan fingerprint density at radius 1 is 0.511 bits per heavy atom. The highest BCUT2D eigenvalue weighted by Crippen LogP contribution is 2.49. The molecule has 10 heteroatoms. The second kappa shape index (κ2) is 15.6. The minimum atomic E-state index is -0.409. The van der Waals surface area contributed by atoms with Crippen LogP contribution in [0, 0.1) is 40.9 Å². The lowest BCUT2D eigenvalue weighted by molar-refractivity contribution is -0.168. The third-order valence-electron chi connectivity index (χ3n) is 12.4. The predicted molar refractivity (Wildman–Crippen MR) is 170 cm³/mol. The summed E-state index contributed by atoms with van der Waals surface area (Å²) in [6.45, 7) is 6.60. The molecule has 264 valence electrons. The number of ether oxygens (including phenoxy) is 6. The van der Waals surface area contributed by atoms with Crippen LogP contribution in [0.2, 0.25) is 0 Å². The molecule has 0 amide bonds. The molecule has 0 N–H and O–H groups in total. The molecule has 0 bridgehead atoms. The average Bonchev–Trinajstić information content (AvgIpc) is 4.03. The third-order valence-corrected chi connectivity index (χ3v) is 12.4. The monoisotopic (exact) mass is 660 g/mol. The highest BCUT2D eigenvalue weighted by molar-refractivity contribution is 5.83. The van der Waals surface area contributed by atoms with Crippen molar-refractivity contribution < 1.29 is 47.6 Å². The largest absolute Gasteiger partial charge is 0.463 e. The van der Waals surface area contributed by atoms with Gasteiger partial charge in [0.2, 0.25) is 0 Å². The van der Waals surface area contributed by atoms with E-state index in [1.807, 2.05) is 0 Å². The Morgan fingerprint density at radius 2 is 0.830 bits per heavy atom. The maximum absolute atomic E-state index is 13.3. The van der Waals surface area contributed by atoms with Crippen LogP contribution in [0.3, 0.4) is 0 Å². The first-order valence-electron chi connectivity index (χ1n) is 18.7. The van der Waals surface area contributed by atoms with Gasteiger partial charge < -0.3 is 28.4 Å². The first-order valence-corrected chi connectivity index (χ1v) is 18.7. The zero-order chi connectivity index (χ0) is 33.0. The molecule has 6 fully saturated rings. The fourth-order valence-electron chi connectivity index (χ4n) is 8.97. The van der Waals surface area contributed by atoms with Crippen molar-refractivity contribution in [3.63, 3.8) is 0 Å². The van der Waals surface area contributed by atoms with Crippen molar-refractivity contribution in [2.45, 2.75) is 141 Å². The topological polar surface area (TPSA) is 130 Å². The van der Waals surface area contributed by atoms with Gasteiger partial charge in [-0.3, -0.25) is 19.2 Å². The average molecular weight is 661 g/mol. The molecule has 4 saturated carbocycles. The minimum Gasteiger partial charge on any atom is -0.463 e. The van der Waals surface area contributed by atoms with Gasteiger partial charge in [-0.25, -0.2) is 0 Å². The van der Waals surface area contributed by atoms with Gasteiger partial charge in [-0.15, -0.1) is 0 Å². The fraction of sp³-hybridized carbons (Fsp3) is 0.892. The molecule has 2 aliphatic heterocycles. The molecule has 2 heterocycles. The van der Waals surface area contributed by atoms with Crippen LogP contribution >= 0.6 is 0 Å². The van der Waals surface area contributed by atoms with Crippen LogP contribution in [-0.2, 0) is 47.6 Å². The molecule has 0 radical (unpaired) electrons. The molecular weight excluding hydrogens is 604 g/mol. The summed E-state index contributed by atoms with van der Waals surface area (Å²) in [7, 11) is 0. The van der Waals surface area contributed by atoms with E-state index in [2.05, 4.69) is 13.8 Å². The summed E-state index contributed by atoms with van der Waals surface area (Å²) in [4.78, 5) is 52.0. The van der Waals surface area contributed by atoms with Gasteiger partial charge in [-0.05, 0) is 94.3 Å². The van der Waals surface area contributed by atoms with Crippen LogP contribution in [0.4, 0.5) is 0 Å². The van der Waals surface area contributed by atoms with Gasteiger partial charge >= 0.3 is 23.9 Å². The normalized spacial score (nSPS) is 37.2. The number of hydrogen-bond donors (Lipinski definition) is 0. The highest BCUT2D eigenvalue weighted by Gasteiger charge is 2.44. The first kappa shape index (κ1) is 34.7. The van der Waals surface area contributed by atoms with Crippen molar-refractivity contribution >= 4 is 23.9 Å². The lowest BCUT2D eigenvalue weighted by Gasteiger charge is -2.46. The number of rotatable bonds is 12. The van der Waals surface area contributed by atoms with E-state index in [4.69, 9.17) is 28.4 Å². The summed E-state index contributed by atoms with van der Waals surface area (Å²) in [5, 5.41) is 0. The van der Waals surface area contributed by atoms with Crippen molar-refractivity contribution in [2.75, 3.05) is 26.4 Å². The summed E-state index contributed by atoms with van der Waals surface area (Å²) in [5.41, 5.74) is 0.136. The molecule has 4 aliphatic carbocycles. The molecule has 6 unspecified atom stereocenters. The van der Waals surface area contributed by atoms with Crippen LogP contribution in [0.1, 0.15) is 117 Å². The van der Waals surface area contributed by atoms with Gasteiger partial charge in [0, 0.05) is 0 Å². The minimum absolute atomic E-state index is 0.0193. The Labute approximate surface area is 279 Å². The number of carbonyl (C=O) groups excluding carboxylic acids is 4. The van der Waals surface area contributed by atoms with Crippen molar-refractivity contribution in [1.82, 2.24) is 0 Å². The molecule has 10 nitrogen and oxygen atoms in total. The highest BCUT2D eigenvalue weighted by atomic mass is 16.6. The van der Waals surface area contributed by atoms with Gasteiger partial charge in [0.25, 0.3) is 0 Å². The molecule has 6 aliphatic rings. The summed E-state index contributed by atoms with van der Waals surface area (Å²) in [5.74, 6) is -1.57. The van der Waals surface area contributed by atoms with E-state index in [1.165, 1.54) is 0 Å². The molecule has 0 aromatic carbocycles. The van der Waals surface area contributed by atoms with E-state index < -0.39 is 23.7 Å². The van der Waals surface area contributed by atoms with Crippen molar-refractivity contribution in [2.24, 2.45) is 40.9 Å². The Balaban J connectivity index is 0.922. The Kier molecular flexibility index (Phi) is 11.5. The lowest BCUT2D eigenvalue weighted by Crippen LogP contribution is -2.41. The van der Waals surface area contributed by atoms with Crippen LogP contribution in [-0.4, -0.2) is 74.7 Å². The van der Waals surface area contributed by atoms with Crippen LogP contribution < -0.4 is 0 Å². The molecular formula is C37H56O10. The molecule has 0 spiro atoms. The molecule has 2 saturated heterocycles. The van der Waals surface area contributed by atoms with Gasteiger partial charge in [-0.1, -0.05) is 39.5 Å². The van der Waals surface area contributed by atoms with Gasteiger partial charge in [-0.2, -0.15) is 0 Å². The van der Waals surface area contributed by atoms with Gasteiger partial charge in [0.1, 0.15) is 37.6 Å². The third kappa shape index (κ3) is 9.08. The summed E-state index contributed by atoms with van der Waals surface area (Å²) >= 11 is 0. The Hall–Kier alpha value is -2.20. The first-order chi connectivity index (χ1) is 22.7. The van der Waals surface area contributed by atoms with Crippen LogP contribution in [0.25, 0.3) is 0 Å². The Morgan fingerprint density at radius 3 is 1.15 bits per heavy atom. The van der Waals surface area contributed by atoms with E-state index in [0.29, 0.717) is 50.7 Å². The molecule has 47 heavy (non-hydrogen) atoms. The van der Waals surface area contributed by atoms with Crippen molar-refractivity contribution in [3.8, 4) is 0 Å². The van der Waals surface area contributed by atoms with E-state index in [0.717, 1.165) is 77.0 Å². The standard InChI is InChI=1S/C37H56O10/c1-37(2,23-11-15-25(16-12-23)46-35(40)31-9-5-3-7-29(31)33(38)44-21-27-19-42-27)24-13-17-26(18-14-24)47-36(41)32-10-6-4-8-30(32)34(39)45-22-28-20-43-28/h23-32H,3-22H2,1-2H3. The van der Waals surface area contributed by atoms with Crippen molar-refractivity contribution in [1.29, 1.82) is 0 Å². The molecule has 6 atom stereocenters. The second-order valence-corrected chi connectivity index (χ2v) is 15.8. The van der Waals surface area contributed by atoms with E-state index in [1.54, 1.807) is 0 Å². The predicted octanol–water partition coefficient (Wildman–Crippen LogP) is 5.71. The molecule has 6 rings (SSSR count). The summed E-state index contributed by atoms with van der Waals surface area (Å²) < 4.78 is 33.3. The van der Waals surface area contributed by atoms with E-state index in [-0.39, 0.29) is 66.9 Å².